The number of H-pyrrole nitrogens is 1. The first kappa shape index (κ1) is 10.4. The third kappa shape index (κ3) is 1.64. The predicted octanol–water partition coefficient (Wildman–Crippen LogP) is 1.54. The number of fused-ring (bicyclic) bond motifs is 1. The maximum absolute atomic E-state index is 4.29. The van der Waals surface area contributed by atoms with E-state index in [2.05, 4.69) is 43.7 Å². The monoisotopic (exact) mass is 252 g/mol. The Hall–Kier alpha value is -2.50. The van der Waals surface area contributed by atoms with Gasteiger partial charge in [-0.3, -0.25) is 0 Å². The molecule has 94 valence electrons. The van der Waals surface area contributed by atoms with E-state index in [1.807, 2.05) is 0 Å². The average molecular weight is 252 g/mol. The Kier molecular flexibility index (Phi) is 2.20. The van der Waals surface area contributed by atoms with Crippen LogP contribution in [0.5, 0.6) is 0 Å². The summed E-state index contributed by atoms with van der Waals surface area (Å²) in [7, 11) is 0. The third-order valence-corrected chi connectivity index (χ3v) is 3.52. The van der Waals surface area contributed by atoms with E-state index in [0.717, 1.165) is 12.1 Å². The lowest BCUT2D eigenvalue weighted by atomic mass is 10.1. The summed E-state index contributed by atoms with van der Waals surface area (Å²) in [4.78, 5) is 4.26. The van der Waals surface area contributed by atoms with Crippen LogP contribution >= 0.6 is 0 Å². The summed E-state index contributed by atoms with van der Waals surface area (Å²) >= 11 is 0. The molecular weight excluding hydrogens is 240 g/mol. The molecule has 0 aliphatic heterocycles. The van der Waals surface area contributed by atoms with Crippen LogP contribution in [0.3, 0.4) is 0 Å². The molecule has 4 rings (SSSR count). The van der Waals surface area contributed by atoms with Gasteiger partial charge in [0.15, 0.2) is 5.82 Å². The van der Waals surface area contributed by atoms with Crippen LogP contribution in [0.15, 0.2) is 30.7 Å². The molecular formula is C13H12N6. The first-order valence-electron chi connectivity index (χ1n) is 6.30. The molecule has 0 saturated carbocycles. The number of rotatable bonds is 2. The lowest BCUT2D eigenvalue weighted by Crippen LogP contribution is -2.01. The van der Waals surface area contributed by atoms with Crippen molar-refractivity contribution in [3.8, 4) is 17.2 Å². The van der Waals surface area contributed by atoms with Gasteiger partial charge in [0, 0.05) is 0 Å². The molecule has 2 aromatic heterocycles. The zero-order valence-electron chi connectivity index (χ0n) is 10.2. The molecule has 6 nitrogen and oxygen atoms in total. The number of aromatic amines is 1. The molecule has 0 bridgehead atoms. The van der Waals surface area contributed by atoms with E-state index in [4.69, 9.17) is 0 Å². The highest BCUT2D eigenvalue weighted by Crippen LogP contribution is 2.25. The largest absolute Gasteiger partial charge is 0.213 e. The van der Waals surface area contributed by atoms with Crippen LogP contribution in [0.2, 0.25) is 0 Å². The molecule has 6 heteroatoms. The van der Waals surface area contributed by atoms with E-state index in [0.29, 0.717) is 11.5 Å². The zero-order valence-corrected chi connectivity index (χ0v) is 10.2. The number of aromatic nitrogens is 6. The summed E-state index contributed by atoms with van der Waals surface area (Å²) in [5.74, 6) is 0.701. The molecule has 0 fully saturated rings. The number of benzene rings is 1. The van der Waals surface area contributed by atoms with Gasteiger partial charge in [-0.05, 0) is 42.5 Å². The van der Waals surface area contributed by atoms with Crippen molar-refractivity contribution in [3.05, 3.63) is 41.9 Å². The highest BCUT2D eigenvalue weighted by molar-refractivity contribution is 5.52. The van der Waals surface area contributed by atoms with Gasteiger partial charge in [-0.2, -0.15) is 20.5 Å². The van der Waals surface area contributed by atoms with Gasteiger partial charge in [0.25, 0.3) is 0 Å². The van der Waals surface area contributed by atoms with E-state index < -0.39 is 0 Å². The van der Waals surface area contributed by atoms with E-state index in [9.17, 15) is 0 Å². The van der Waals surface area contributed by atoms with Crippen molar-refractivity contribution in [3.63, 3.8) is 0 Å². The van der Waals surface area contributed by atoms with Crippen molar-refractivity contribution in [2.24, 2.45) is 0 Å². The fourth-order valence-electron chi connectivity index (χ4n) is 2.60. The van der Waals surface area contributed by atoms with Crippen LogP contribution < -0.4 is 0 Å². The smallest absolute Gasteiger partial charge is 0.185 e. The zero-order chi connectivity index (χ0) is 12.7. The summed E-state index contributed by atoms with van der Waals surface area (Å²) in [6, 6.07) is 6.47. The fraction of sp³-hybridized carbons (Fsp3) is 0.231. The van der Waals surface area contributed by atoms with Gasteiger partial charge in [0.05, 0.1) is 11.9 Å². The molecule has 0 unspecified atom stereocenters. The molecule has 0 spiro atoms. The quantitative estimate of drug-likeness (QED) is 0.751. The van der Waals surface area contributed by atoms with Crippen molar-refractivity contribution in [2.45, 2.75) is 19.3 Å². The van der Waals surface area contributed by atoms with Crippen LogP contribution in [0.25, 0.3) is 17.2 Å². The SMILES string of the molecule is c1nc(-c2cn[nH]n2)n(-c2ccc3c(c2)CCC3)n1. The van der Waals surface area contributed by atoms with E-state index >= 15 is 0 Å². The maximum Gasteiger partial charge on any atom is 0.185 e. The van der Waals surface area contributed by atoms with Gasteiger partial charge >= 0.3 is 0 Å². The normalized spacial score (nSPS) is 13.7. The Morgan fingerprint density at radius 1 is 1.16 bits per heavy atom. The Morgan fingerprint density at radius 2 is 2.11 bits per heavy atom. The molecule has 19 heavy (non-hydrogen) atoms. The van der Waals surface area contributed by atoms with E-state index in [1.165, 1.54) is 30.3 Å². The number of hydrogen-bond acceptors (Lipinski definition) is 4. The maximum atomic E-state index is 4.29. The fourth-order valence-corrected chi connectivity index (χ4v) is 2.60. The van der Waals surface area contributed by atoms with E-state index in [1.54, 1.807) is 10.9 Å². The first-order chi connectivity index (χ1) is 9.42. The summed E-state index contributed by atoms with van der Waals surface area (Å²) in [6.07, 6.45) is 6.76. The van der Waals surface area contributed by atoms with Gasteiger partial charge in [-0.25, -0.2) is 9.67 Å². The topological polar surface area (TPSA) is 72.3 Å². The van der Waals surface area contributed by atoms with Crippen molar-refractivity contribution in [1.29, 1.82) is 0 Å². The Labute approximate surface area is 109 Å². The second-order valence-electron chi connectivity index (χ2n) is 4.66. The van der Waals surface area contributed by atoms with Crippen molar-refractivity contribution in [1.82, 2.24) is 30.2 Å². The van der Waals surface area contributed by atoms with Crippen molar-refractivity contribution in [2.75, 3.05) is 0 Å². The molecule has 1 aliphatic rings. The molecule has 1 aromatic carbocycles. The standard InChI is InChI=1S/C13H12N6/c1-2-9-4-5-11(6-10(9)3-1)19-13(14-8-16-19)12-7-15-18-17-12/h4-8H,1-3H2,(H,15,17,18). The second-order valence-corrected chi connectivity index (χ2v) is 4.66. The average Bonchev–Trinajstić information content (AvgIpc) is 3.18. The number of hydrogen-bond donors (Lipinski definition) is 1. The molecule has 0 saturated heterocycles. The molecule has 0 atom stereocenters. The van der Waals surface area contributed by atoms with E-state index in [-0.39, 0.29) is 0 Å². The molecule has 3 aromatic rings. The third-order valence-electron chi connectivity index (χ3n) is 3.52. The second kappa shape index (κ2) is 4.01. The van der Waals surface area contributed by atoms with Crippen molar-refractivity contribution < 1.29 is 0 Å². The summed E-state index contributed by atoms with van der Waals surface area (Å²) in [6.45, 7) is 0. The molecule has 0 radical (unpaired) electrons. The minimum atomic E-state index is 0.693. The lowest BCUT2D eigenvalue weighted by molar-refractivity contribution is 0.874. The summed E-state index contributed by atoms with van der Waals surface area (Å²) < 4.78 is 1.80. The van der Waals surface area contributed by atoms with Crippen LogP contribution in [-0.4, -0.2) is 30.2 Å². The van der Waals surface area contributed by atoms with Gasteiger partial charge in [0.1, 0.15) is 12.0 Å². The Bertz CT molecular complexity index is 713. The van der Waals surface area contributed by atoms with Gasteiger partial charge in [-0.15, -0.1) is 0 Å². The van der Waals surface area contributed by atoms with Crippen LogP contribution in [0, 0.1) is 0 Å². The minimum Gasteiger partial charge on any atom is -0.213 e. The number of nitrogens with one attached hydrogen (secondary N) is 1. The summed E-state index contributed by atoms with van der Waals surface area (Å²) in [5, 5.41) is 14.8. The predicted molar refractivity (Wildman–Crippen MR) is 68.8 cm³/mol. The lowest BCUT2D eigenvalue weighted by Gasteiger charge is -2.06. The van der Waals surface area contributed by atoms with Gasteiger partial charge in [-0.1, -0.05) is 6.07 Å². The van der Waals surface area contributed by atoms with Crippen molar-refractivity contribution >= 4 is 0 Å². The molecule has 1 aliphatic carbocycles. The number of aryl methyl sites for hydroxylation is 2. The number of nitrogens with zero attached hydrogens (tertiary/aromatic N) is 5. The molecule has 2 heterocycles. The van der Waals surface area contributed by atoms with Crippen LogP contribution in [0.4, 0.5) is 0 Å². The highest BCUT2D eigenvalue weighted by atomic mass is 15.4. The Balaban J connectivity index is 1.83. The van der Waals surface area contributed by atoms with Gasteiger partial charge in [0.2, 0.25) is 0 Å². The van der Waals surface area contributed by atoms with Gasteiger partial charge < -0.3 is 0 Å². The highest BCUT2D eigenvalue weighted by Gasteiger charge is 2.15. The Morgan fingerprint density at radius 3 is 3.00 bits per heavy atom. The first-order valence-corrected chi connectivity index (χ1v) is 6.30. The minimum absolute atomic E-state index is 0.693. The van der Waals surface area contributed by atoms with Crippen LogP contribution in [-0.2, 0) is 12.8 Å². The molecule has 1 N–H and O–H groups in total. The molecule has 0 amide bonds. The summed E-state index contributed by atoms with van der Waals surface area (Å²) in [5.41, 5.74) is 4.58. The van der Waals surface area contributed by atoms with Crippen LogP contribution in [0.1, 0.15) is 17.5 Å².